The summed E-state index contributed by atoms with van der Waals surface area (Å²) < 4.78 is 1.73. The molecule has 1 amide bonds. The van der Waals surface area contributed by atoms with E-state index in [0.717, 1.165) is 17.1 Å². The van der Waals surface area contributed by atoms with E-state index >= 15 is 0 Å². The number of thiocarbonyl (C=S) groups is 1. The summed E-state index contributed by atoms with van der Waals surface area (Å²) in [6, 6.07) is 0. The van der Waals surface area contributed by atoms with Gasteiger partial charge in [0.2, 0.25) is 5.91 Å². The van der Waals surface area contributed by atoms with Gasteiger partial charge in [0.05, 0.1) is 11.3 Å². The zero-order chi connectivity index (χ0) is 13.9. The smallest absolute Gasteiger partial charge is 0.221 e. The quantitative estimate of drug-likeness (QED) is 0.732. The number of hydrogen-bond donors (Lipinski definition) is 2. The highest BCUT2D eigenvalue weighted by atomic mass is 32.1. The predicted octanol–water partition coefficient (Wildman–Crippen LogP) is -0.0650. The number of aromatic nitrogens is 2. The van der Waals surface area contributed by atoms with Crippen molar-refractivity contribution in [3.8, 4) is 0 Å². The molecule has 1 rings (SSSR count). The summed E-state index contributed by atoms with van der Waals surface area (Å²) in [5, 5.41) is 6.90. The molecule has 0 aliphatic rings. The first-order valence-electron chi connectivity index (χ1n) is 5.63. The van der Waals surface area contributed by atoms with Crippen molar-refractivity contribution in [3.63, 3.8) is 0 Å². The Labute approximate surface area is 112 Å². The van der Waals surface area contributed by atoms with Gasteiger partial charge in [0.25, 0.3) is 0 Å². The zero-order valence-electron chi connectivity index (χ0n) is 11.1. The normalized spacial score (nSPS) is 10.2. The number of amides is 1. The monoisotopic (exact) mass is 269 g/mol. The van der Waals surface area contributed by atoms with Gasteiger partial charge in [-0.15, -0.1) is 0 Å². The average Bonchev–Trinajstić information content (AvgIpc) is 2.60. The molecule has 0 aromatic carbocycles. The first-order chi connectivity index (χ1) is 8.38. The number of nitrogens with one attached hydrogen (secondary N) is 1. The summed E-state index contributed by atoms with van der Waals surface area (Å²) >= 11 is 5.05. The molecular formula is C11H19N5OS. The van der Waals surface area contributed by atoms with E-state index in [0.29, 0.717) is 18.0 Å². The Morgan fingerprint density at radius 3 is 2.72 bits per heavy atom. The van der Waals surface area contributed by atoms with E-state index in [2.05, 4.69) is 10.4 Å². The molecule has 0 bridgehead atoms. The van der Waals surface area contributed by atoms with Gasteiger partial charge in [-0.05, 0) is 6.92 Å². The van der Waals surface area contributed by atoms with Crippen molar-refractivity contribution in [2.45, 2.75) is 13.3 Å². The molecule has 0 fully saturated rings. The number of anilines is 1. The molecule has 1 aromatic rings. The second kappa shape index (κ2) is 5.81. The topological polar surface area (TPSA) is 76.2 Å². The summed E-state index contributed by atoms with van der Waals surface area (Å²) in [5.74, 6) is 0.835. The maximum absolute atomic E-state index is 11.2. The highest BCUT2D eigenvalue weighted by Gasteiger charge is 2.19. The molecule has 6 nitrogen and oxygen atoms in total. The number of nitrogens with zero attached hydrogens (tertiary/aromatic N) is 3. The molecule has 0 atom stereocenters. The van der Waals surface area contributed by atoms with Crippen LogP contribution in [-0.2, 0) is 11.8 Å². The van der Waals surface area contributed by atoms with Crippen LogP contribution < -0.4 is 16.0 Å². The molecule has 0 aliphatic carbocycles. The largest absolute Gasteiger partial charge is 0.389 e. The molecule has 100 valence electrons. The summed E-state index contributed by atoms with van der Waals surface area (Å²) in [7, 11) is 5.35. The van der Waals surface area contributed by atoms with Crippen LogP contribution in [0.15, 0.2) is 0 Å². The summed E-state index contributed by atoms with van der Waals surface area (Å²) in [5.41, 5.74) is 7.29. The first-order valence-corrected chi connectivity index (χ1v) is 6.04. The summed E-state index contributed by atoms with van der Waals surface area (Å²) in [6.07, 6.45) is 0.411. The van der Waals surface area contributed by atoms with Crippen molar-refractivity contribution < 1.29 is 4.79 Å². The van der Waals surface area contributed by atoms with Gasteiger partial charge < -0.3 is 16.0 Å². The minimum Gasteiger partial charge on any atom is -0.389 e. The second-order valence-corrected chi connectivity index (χ2v) is 4.56. The lowest BCUT2D eigenvalue weighted by atomic mass is 10.2. The Hall–Kier alpha value is -1.63. The number of aryl methyl sites for hydroxylation is 2. The lowest BCUT2D eigenvalue weighted by Crippen LogP contribution is -2.29. The van der Waals surface area contributed by atoms with Crippen LogP contribution in [0.4, 0.5) is 5.82 Å². The fraction of sp³-hybridized carbons (Fsp3) is 0.545. The van der Waals surface area contributed by atoms with Gasteiger partial charge in [0.15, 0.2) is 0 Å². The summed E-state index contributed by atoms with van der Waals surface area (Å²) in [6.45, 7) is 2.44. The van der Waals surface area contributed by atoms with Crippen molar-refractivity contribution >= 4 is 28.9 Å². The third-order valence-corrected chi connectivity index (χ3v) is 2.96. The van der Waals surface area contributed by atoms with Crippen molar-refractivity contribution in [1.82, 2.24) is 15.1 Å². The van der Waals surface area contributed by atoms with Crippen molar-refractivity contribution in [3.05, 3.63) is 11.3 Å². The molecule has 1 heterocycles. The zero-order valence-corrected chi connectivity index (χ0v) is 12.0. The Morgan fingerprint density at radius 2 is 2.22 bits per heavy atom. The van der Waals surface area contributed by atoms with Gasteiger partial charge in [-0.3, -0.25) is 9.48 Å². The van der Waals surface area contributed by atoms with E-state index in [1.165, 1.54) is 0 Å². The van der Waals surface area contributed by atoms with E-state index in [-0.39, 0.29) is 5.91 Å². The van der Waals surface area contributed by atoms with E-state index in [4.69, 9.17) is 18.0 Å². The van der Waals surface area contributed by atoms with Crippen molar-refractivity contribution in [2.75, 3.05) is 25.5 Å². The van der Waals surface area contributed by atoms with Crippen LogP contribution in [0.25, 0.3) is 0 Å². The third-order valence-electron chi connectivity index (χ3n) is 2.75. The highest BCUT2D eigenvalue weighted by molar-refractivity contribution is 7.80. The van der Waals surface area contributed by atoms with E-state index in [1.54, 1.807) is 11.7 Å². The maximum atomic E-state index is 11.2. The molecule has 18 heavy (non-hydrogen) atoms. The fourth-order valence-electron chi connectivity index (χ4n) is 1.87. The van der Waals surface area contributed by atoms with Crippen LogP contribution in [0.3, 0.4) is 0 Å². The Morgan fingerprint density at radius 1 is 1.61 bits per heavy atom. The van der Waals surface area contributed by atoms with Crippen LogP contribution in [0.5, 0.6) is 0 Å². The minimum atomic E-state index is -0.00221. The predicted molar refractivity (Wildman–Crippen MR) is 75.8 cm³/mol. The molecule has 3 N–H and O–H groups in total. The Kier molecular flexibility index (Phi) is 4.66. The van der Waals surface area contributed by atoms with Crippen LogP contribution >= 0.6 is 12.2 Å². The highest BCUT2D eigenvalue weighted by Crippen LogP contribution is 2.22. The molecule has 0 aliphatic heterocycles. The first kappa shape index (κ1) is 14.4. The molecule has 0 spiro atoms. The molecular weight excluding hydrogens is 250 g/mol. The molecule has 7 heteroatoms. The Balaban J connectivity index is 2.94. The van der Waals surface area contributed by atoms with Crippen molar-refractivity contribution in [1.29, 1.82) is 0 Å². The van der Waals surface area contributed by atoms with E-state index < -0.39 is 0 Å². The maximum Gasteiger partial charge on any atom is 0.221 e. The van der Waals surface area contributed by atoms with E-state index in [1.807, 2.05) is 25.9 Å². The summed E-state index contributed by atoms with van der Waals surface area (Å²) in [4.78, 5) is 13.5. The standard InChI is InChI=1S/C11H19N5OS/c1-7-9(10(12)18)11(16(4)14-7)15(3)6-5-8(17)13-2/h5-6H2,1-4H3,(H2,12,18)(H,13,17). The lowest BCUT2D eigenvalue weighted by Gasteiger charge is -2.20. The van der Waals surface area contributed by atoms with Gasteiger partial charge in [-0.25, -0.2) is 0 Å². The Bertz CT molecular complexity index is 468. The number of rotatable bonds is 5. The molecule has 0 radical (unpaired) electrons. The van der Waals surface area contributed by atoms with Gasteiger partial charge in [-0.1, -0.05) is 12.2 Å². The van der Waals surface area contributed by atoms with Gasteiger partial charge >= 0.3 is 0 Å². The molecule has 0 unspecified atom stereocenters. The average molecular weight is 269 g/mol. The second-order valence-electron chi connectivity index (χ2n) is 4.12. The fourth-order valence-corrected chi connectivity index (χ4v) is 2.11. The third kappa shape index (κ3) is 2.98. The van der Waals surface area contributed by atoms with Crippen LogP contribution in [-0.4, -0.2) is 41.3 Å². The number of carbonyl (C=O) groups excluding carboxylic acids is 1. The van der Waals surface area contributed by atoms with Crippen LogP contribution in [0, 0.1) is 6.92 Å². The van der Waals surface area contributed by atoms with Crippen LogP contribution in [0.2, 0.25) is 0 Å². The number of hydrogen-bond acceptors (Lipinski definition) is 4. The minimum absolute atomic E-state index is 0.00221. The lowest BCUT2D eigenvalue weighted by molar-refractivity contribution is -0.120. The number of nitrogens with two attached hydrogens (primary N) is 1. The SMILES string of the molecule is CNC(=O)CCN(C)c1c(C(N)=S)c(C)nn1C. The van der Waals surface area contributed by atoms with Crippen molar-refractivity contribution in [2.24, 2.45) is 12.8 Å². The van der Waals surface area contributed by atoms with Crippen LogP contribution in [0.1, 0.15) is 17.7 Å². The van der Waals surface area contributed by atoms with E-state index in [9.17, 15) is 4.79 Å². The molecule has 1 aromatic heterocycles. The molecule has 0 saturated carbocycles. The van der Waals surface area contributed by atoms with Gasteiger partial charge in [0, 0.05) is 34.1 Å². The van der Waals surface area contributed by atoms with Gasteiger partial charge in [-0.2, -0.15) is 5.10 Å². The number of carbonyl (C=O) groups is 1. The van der Waals surface area contributed by atoms with Gasteiger partial charge in [0.1, 0.15) is 10.8 Å². The molecule has 0 saturated heterocycles.